The van der Waals surface area contributed by atoms with Crippen LogP contribution in [0.3, 0.4) is 0 Å². The molecule has 2 heterocycles. The number of amidine groups is 1. The normalized spacial score (nSPS) is 17.6. The van der Waals surface area contributed by atoms with Crippen molar-refractivity contribution in [2.75, 3.05) is 0 Å². The van der Waals surface area contributed by atoms with Crippen LogP contribution >= 0.6 is 11.8 Å². The van der Waals surface area contributed by atoms with Crippen LogP contribution in [0.2, 0.25) is 0 Å². The number of rotatable bonds is 2. The zero-order chi connectivity index (χ0) is 19.9. The topological polar surface area (TPSA) is 67.5 Å². The summed E-state index contributed by atoms with van der Waals surface area (Å²) in [7, 11) is 0. The van der Waals surface area contributed by atoms with Gasteiger partial charge in [0.15, 0.2) is 16.6 Å². The van der Waals surface area contributed by atoms with Crippen molar-refractivity contribution in [3.63, 3.8) is 0 Å². The number of para-hydroxylation sites is 1. The summed E-state index contributed by atoms with van der Waals surface area (Å²) in [6.45, 7) is 1.74. The van der Waals surface area contributed by atoms with E-state index >= 15 is 0 Å². The van der Waals surface area contributed by atoms with Crippen molar-refractivity contribution in [1.82, 2.24) is 10.3 Å². The Labute approximate surface area is 161 Å². The highest BCUT2D eigenvalue weighted by molar-refractivity contribution is 8.18. The fraction of sp³-hybridized carbons (Fsp3) is 0.105. The quantitative estimate of drug-likeness (QED) is 0.609. The van der Waals surface area contributed by atoms with E-state index in [1.54, 1.807) is 31.2 Å². The standard InChI is InChI=1S/C19H12F3N3O2S/c1-10-23-14-7-6-11(8-15(14)27-10)9-16-17(26)25-18(28-16)24-13-5-3-2-4-12(13)19(20,21)22/h2-9H,1H3,(H,24,25,26). The first-order chi connectivity index (χ1) is 13.3. The van der Waals surface area contributed by atoms with E-state index in [-0.39, 0.29) is 10.9 Å². The molecule has 5 nitrogen and oxygen atoms in total. The van der Waals surface area contributed by atoms with Crippen LogP contribution < -0.4 is 5.32 Å². The number of nitrogens with one attached hydrogen (secondary N) is 1. The van der Waals surface area contributed by atoms with Gasteiger partial charge in [-0.1, -0.05) is 18.2 Å². The van der Waals surface area contributed by atoms with Gasteiger partial charge in [-0.2, -0.15) is 13.2 Å². The molecule has 1 aliphatic rings. The van der Waals surface area contributed by atoms with E-state index in [1.807, 2.05) is 0 Å². The Bertz CT molecular complexity index is 1150. The van der Waals surface area contributed by atoms with Gasteiger partial charge in [0.25, 0.3) is 5.91 Å². The number of alkyl halides is 3. The van der Waals surface area contributed by atoms with Gasteiger partial charge in [0, 0.05) is 6.92 Å². The molecule has 0 atom stereocenters. The summed E-state index contributed by atoms with van der Waals surface area (Å²) < 4.78 is 44.8. The summed E-state index contributed by atoms with van der Waals surface area (Å²) in [4.78, 5) is 20.7. The number of halogens is 3. The lowest BCUT2D eigenvalue weighted by Gasteiger charge is -2.09. The molecule has 0 aliphatic carbocycles. The Hall–Kier alpha value is -3.07. The van der Waals surface area contributed by atoms with Crippen molar-refractivity contribution in [1.29, 1.82) is 0 Å². The van der Waals surface area contributed by atoms with Gasteiger partial charge >= 0.3 is 6.18 Å². The number of carbonyl (C=O) groups is 1. The average molecular weight is 403 g/mol. The molecule has 0 spiro atoms. The summed E-state index contributed by atoms with van der Waals surface area (Å²) in [6, 6.07) is 10.2. The molecular weight excluding hydrogens is 391 g/mol. The van der Waals surface area contributed by atoms with Gasteiger partial charge in [-0.15, -0.1) is 0 Å². The van der Waals surface area contributed by atoms with E-state index in [2.05, 4.69) is 15.3 Å². The Morgan fingerprint density at radius 1 is 1.21 bits per heavy atom. The van der Waals surface area contributed by atoms with E-state index < -0.39 is 17.6 Å². The van der Waals surface area contributed by atoms with Crippen LogP contribution in [0.5, 0.6) is 0 Å². The maximum Gasteiger partial charge on any atom is 0.418 e. The fourth-order valence-corrected chi connectivity index (χ4v) is 3.53. The lowest BCUT2D eigenvalue weighted by molar-refractivity contribution is -0.137. The van der Waals surface area contributed by atoms with Gasteiger partial charge in [-0.25, -0.2) is 9.98 Å². The Balaban J connectivity index is 1.63. The molecule has 0 unspecified atom stereocenters. The fourth-order valence-electron chi connectivity index (χ4n) is 2.70. The summed E-state index contributed by atoms with van der Waals surface area (Å²) in [6.07, 6.45) is -2.91. The lowest BCUT2D eigenvalue weighted by atomic mass is 10.2. The third kappa shape index (κ3) is 3.65. The van der Waals surface area contributed by atoms with Crippen molar-refractivity contribution in [2.24, 2.45) is 4.99 Å². The number of hydrogen-bond donors (Lipinski definition) is 1. The lowest BCUT2D eigenvalue weighted by Crippen LogP contribution is -2.19. The van der Waals surface area contributed by atoms with Gasteiger partial charge in [-0.05, 0) is 47.7 Å². The highest BCUT2D eigenvalue weighted by atomic mass is 32.2. The second-order valence-electron chi connectivity index (χ2n) is 5.96. The number of fused-ring (bicyclic) bond motifs is 1. The SMILES string of the molecule is Cc1nc2ccc(C=C3SC(=Nc4ccccc4C(F)(F)F)NC3=O)cc2o1. The van der Waals surface area contributed by atoms with Crippen molar-refractivity contribution in [3.05, 3.63) is 64.4 Å². The third-order valence-electron chi connectivity index (χ3n) is 3.90. The first-order valence-corrected chi connectivity index (χ1v) is 8.94. The molecule has 0 bridgehead atoms. The van der Waals surface area contributed by atoms with Crippen LogP contribution in [0.25, 0.3) is 17.2 Å². The predicted molar refractivity (Wildman–Crippen MR) is 101 cm³/mol. The number of carbonyl (C=O) groups excluding carboxylic acids is 1. The number of aromatic nitrogens is 1. The number of hydrogen-bond acceptors (Lipinski definition) is 5. The number of thioether (sulfide) groups is 1. The summed E-state index contributed by atoms with van der Waals surface area (Å²) >= 11 is 0.975. The summed E-state index contributed by atoms with van der Waals surface area (Å²) in [5.41, 5.74) is 0.884. The smallest absolute Gasteiger partial charge is 0.418 e. The maximum absolute atomic E-state index is 13.1. The molecule has 9 heteroatoms. The predicted octanol–water partition coefficient (Wildman–Crippen LogP) is 5.05. The van der Waals surface area contributed by atoms with Crippen LogP contribution in [0.15, 0.2) is 56.8 Å². The molecule has 1 aromatic heterocycles. The first kappa shape index (κ1) is 18.3. The van der Waals surface area contributed by atoms with E-state index in [1.165, 1.54) is 18.2 Å². The van der Waals surface area contributed by atoms with Crippen LogP contribution in [0, 0.1) is 6.92 Å². The molecule has 1 N–H and O–H groups in total. The number of oxazole rings is 1. The molecule has 3 aromatic rings. The maximum atomic E-state index is 13.1. The second kappa shape index (κ2) is 6.83. The van der Waals surface area contributed by atoms with E-state index in [9.17, 15) is 18.0 Å². The summed E-state index contributed by atoms with van der Waals surface area (Å²) in [5.74, 6) is 0.104. The molecule has 1 fully saturated rings. The molecule has 1 aliphatic heterocycles. The van der Waals surface area contributed by atoms with Gasteiger partial charge in [-0.3, -0.25) is 4.79 Å². The van der Waals surface area contributed by atoms with Crippen LogP contribution in [-0.4, -0.2) is 16.1 Å². The zero-order valence-electron chi connectivity index (χ0n) is 14.4. The van der Waals surface area contributed by atoms with Crippen molar-refractivity contribution >= 4 is 45.7 Å². The highest BCUT2D eigenvalue weighted by Crippen LogP contribution is 2.37. The minimum atomic E-state index is -4.53. The van der Waals surface area contributed by atoms with Crippen LogP contribution in [0.1, 0.15) is 17.0 Å². The van der Waals surface area contributed by atoms with Crippen molar-refractivity contribution in [2.45, 2.75) is 13.1 Å². The molecule has 0 radical (unpaired) electrons. The van der Waals surface area contributed by atoms with Crippen molar-refractivity contribution < 1.29 is 22.4 Å². The largest absolute Gasteiger partial charge is 0.441 e. The number of benzene rings is 2. The molecule has 1 amide bonds. The number of aryl methyl sites for hydroxylation is 1. The van der Waals surface area contributed by atoms with Crippen LogP contribution in [0.4, 0.5) is 18.9 Å². The minimum Gasteiger partial charge on any atom is -0.441 e. The first-order valence-electron chi connectivity index (χ1n) is 8.12. The molecular formula is C19H12F3N3O2S. The number of nitrogens with zero attached hydrogens (tertiary/aromatic N) is 2. The Morgan fingerprint density at radius 3 is 2.79 bits per heavy atom. The van der Waals surface area contributed by atoms with Crippen molar-refractivity contribution in [3.8, 4) is 0 Å². The van der Waals surface area contributed by atoms with Gasteiger partial charge in [0.2, 0.25) is 0 Å². The average Bonchev–Trinajstić information content (AvgIpc) is 3.15. The molecule has 2 aromatic carbocycles. The Morgan fingerprint density at radius 2 is 2.00 bits per heavy atom. The van der Waals surface area contributed by atoms with Crippen LogP contribution in [-0.2, 0) is 11.0 Å². The molecule has 4 rings (SSSR count). The molecule has 0 saturated carbocycles. The number of aliphatic imine (C=N–C) groups is 1. The van der Waals surface area contributed by atoms with E-state index in [0.29, 0.717) is 27.5 Å². The molecule has 142 valence electrons. The van der Waals surface area contributed by atoms with E-state index in [4.69, 9.17) is 4.42 Å². The highest BCUT2D eigenvalue weighted by Gasteiger charge is 2.34. The minimum absolute atomic E-state index is 0.0875. The van der Waals surface area contributed by atoms with Gasteiger partial charge < -0.3 is 9.73 Å². The van der Waals surface area contributed by atoms with Gasteiger partial charge in [0.1, 0.15) is 5.52 Å². The monoisotopic (exact) mass is 403 g/mol. The Kier molecular flexibility index (Phi) is 4.46. The zero-order valence-corrected chi connectivity index (χ0v) is 15.2. The third-order valence-corrected chi connectivity index (χ3v) is 4.81. The van der Waals surface area contributed by atoms with Gasteiger partial charge in [0.05, 0.1) is 16.2 Å². The molecule has 28 heavy (non-hydrogen) atoms. The molecule has 1 saturated heterocycles. The summed E-state index contributed by atoms with van der Waals surface area (Å²) in [5, 5.41) is 2.58. The van der Waals surface area contributed by atoms with E-state index in [0.717, 1.165) is 17.8 Å². The second-order valence-corrected chi connectivity index (χ2v) is 6.99. The number of amides is 1.